The molecule has 0 aromatic heterocycles. The van der Waals surface area contributed by atoms with Crippen molar-refractivity contribution in [2.45, 2.75) is 26.1 Å². The molecule has 0 amide bonds. The van der Waals surface area contributed by atoms with Crippen molar-refractivity contribution in [3.63, 3.8) is 0 Å². The molecule has 0 saturated carbocycles. The molecule has 0 N–H and O–H groups in total. The molecule has 1 rings (SSSR count). The molecule has 0 aliphatic carbocycles. The van der Waals surface area contributed by atoms with Crippen LogP contribution < -0.4 is 0 Å². The van der Waals surface area contributed by atoms with Crippen LogP contribution in [-0.2, 0) is 0 Å². The zero-order valence-electron chi connectivity index (χ0n) is 8.44. The largest absolute Gasteiger partial charge is 0.207 e. The fraction of sp³-hybridized carbons (Fsp3) is 0.455. The molecule has 0 saturated heterocycles. The number of hydrogen-bond donors (Lipinski definition) is 0. The Hall–Kier alpha value is -0.270. The Morgan fingerprint density at radius 3 is 2.36 bits per heavy atom. The highest BCUT2D eigenvalue weighted by atomic mass is 35.5. The van der Waals surface area contributed by atoms with Crippen LogP contribution in [0.1, 0.15) is 30.4 Å². The maximum atomic E-state index is 13.5. The van der Waals surface area contributed by atoms with E-state index in [-0.39, 0.29) is 17.1 Å². The molecule has 0 fully saturated rings. The number of halogens is 3. The van der Waals surface area contributed by atoms with Crippen LogP contribution in [-0.4, -0.2) is 0 Å². The molecular formula is C11H13Cl2F. The van der Waals surface area contributed by atoms with Gasteiger partial charge < -0.3 is 0 Å². The number of aryl methyl sites for hydroxylation is 1. The highest BCUT2D eigenvalue weighted by Crippen LogP contribution is 2.33. The van der Waals surface area contributed by atoms with Crippen molar-refractivity contribution < 1.29 is 4.39 Å². The predicted molar refractivity (Wildman–Crippen MR) is 59.6 cm³/mol. The standard InChI is InChI=1S/C11H13Cl2F/c1-6(2)11(13)8-5-9(12)7(3)4-10(8)14/h4-6,11H,1-3H3. The summed E-state index contributed by atoms with van der Waals surface area (Å²) >= 11 is 12.0. The van der Waals surface area contributed by atoms with Gasteiger partial charge >= 0.3 is 0 Å². The van der Waals surface area contributed by atoms with E-state index in [1.807, 2.05) is 13.8 Å². The first kappa shape index (κ1) is 11.8. The van der Waals surface area contributed by atoms with Gasteiger partial charge in [-0.2, -0.15) is 0 Å². The van der Waals surface area contributed by atoms with Gasteiger partial charge in [0, 0.05) is 10.6 Å². The second kappa shape index (κ2) is 4.50. The minimum atomic E-state index is -0.326. The van der Waals surface area contributed by atoms with Crippen LogP contribution in [0, 0.1) is 18.7 Å². The first-order valence-corrected chi connectivity index (χ1v) is 5.34. The van der Waals surface area contributed by atoms with E-state index in [1.165, 1.54) is 6.07 Å². The molecule has 0 nitrogen and oxygen atoms in total. The first-order valence-electron chi connectivity index (χ1n) is 4.53. The second-order valence-corrected chi connectivity index (χ2v) is 4.65. The van der Waals surface area contributed by atoms with Gasteiger partial charge in [0.25, 0.3) is 0 Å². The molecule has 0 aliphatic heterocycles. The summed E-state index contributed by atoms with van der Waals surface area (Å²) in [6.45, 7) is 5.67. The van der Waals surface area contributed by atoms with Gasteiger partial charge in [-0.1, -0.05) is 25.4 Å². The summed E-state index contributed by atoms with van der Waals surface area (Å²) in [7, 11) is 0. The maximum absolute atomic E-state index is 13.5. The van der Waals surface area contributed by atoms with Crippen LogP contribution in [0.4, 0.5) is 4.39 Å². The number of hydrogen-bond acceptors (Lipinski definition) is 0. The second-order valence-electron chi connectivity index (χ2n) is 3.77. The van der Waals surface area contributed by atoms with E-state index in [9.17, 15) is 4.39 Å². The molecule has 78 valence electrons. The van der Waals surface area contributed by atoms with Gasteiger partial charge in [0.1, 0.15) is 5.82 Å². The minimum Gasteiger partial charge on any atom is -0.207 e. The van der Waals surface area contributed by atoms with Gasteiger partial charge in [-0.25, -0.2) is 4.39 Å². The third kappa shape index (κ3) is 2.40. The third-order valence-electron chi connectivity index (χ3n) is 2.16. The molecule has 0 bridgehead atoms. The molecule has 0 aliphatic rings. The zero-order chi connectivity index (χ0) is 10.9. The maximum Gasteiger partial charge on any atom is 0.128 e. The average Bonchev–Trinajstić information content (AvgIpc) is 2.10. The summed E-state index contributed by atoms with van der Waals surface area (Å²) in [5.41, 5.74) is 1.22. The van der Waals surface area contributed by atoms with Gasteiger partial charge in [0.2, 0.25) is 0 Å². The molecule has 1 aromatic rings. The fourth-order valence-corrected chi connectivity index (χ4v) is 1.57. The highest BCUT2D eigenvalue weighted by Gasteiger charge is 2.17. The van der Waals surface area contributed by atoms with Crippen molar-refractivity contribution in [2.24, 2.45) is 5.92 Å². The smallest absolute Gasteiger partial charge is 0.128 e. The molecular weight excluding hydrogens is 222 g/mol. The highest BCUT2D eigenvalue weighted by molar-refractivity contribution is 6.31. The summed E-state index contributed by atoms with van der Waals surface area (Å²) in [5.74, 6) is -0.0921. The summed E-state index contributed by atoms with van der Waals surface area (Å²) in [6.07, 6.45) is 0. The Morgan fingerprint density at radius 1 is 1.29 bits per heavy atom. The monoisotopic (exact) mass is 234 g/mol. The molecule has 1 unspecified atom stereocenters. The SMILES string of the molecule is Cc1cc(F)c(C(Cl)C(C)C)cc1Cl. The van der Waals surface area contributed by atoms with Crippen molar-refractivity contribution in [3.05, 3.63) is 34.1 Å². The van der Waals surface area contributed by atoms with E-state index >= 15 is 0 Å². The van der Waals surface area contributed by atoms with Crippen molar-refractivity contribution in [1.82, 2.24) is 0 Å². The summed E-state index contributed by atoms with van der Waals surface area (Å²) < 4.78 is 13.5. The Bertz CT molecular complexity index is 334. The van der Waals surface area contributed by atoms with Gasteiger partial charge in [-0.05, 0) is 30.5 Å². The molecule has 0 spiro atoms. The first-order chi connectivity index (χ1) is 6.43. The summed E-state index contributed by atoms with van der Waals surface area (Å²) in [6, 6.07) is 3.04. The van der Waals surface area contributed by atoms with Crippen LogP contribution in [0.2, 0.25) is 5.02 Å². The molecule has 1 atom stereocenters. The lowest BCUT2D eigenvalue weighted by Gasteiger charge is -2.15. The normalized spacial score (nSPS) is 13.4. The quantitative estimate of drug-likeness (QED) is 0.650. The van der Waals surface area contributed by atoms with Crippen LogP contribution in [0.3, 0.4) is 0 Å². The van der Waals surface area contributed by atoms with Crippen LogP contribution in [0.5, 0.6) is 0 Å². The summed E-state index contributed by atoms with van der Waals surface area (Å²) in [5, 5.41) is 0.237. The van der Waals surface area contributed by atoms with Crippen molar-refractivity contribution in [2.75, 3.05) is 0 Å². The van der Waals surface area contributed by atoms with E-state index < -0.39 is 0 Å². The Morgan fingerprint density at radius 2 is 1.86 bits per heavy atom. The Balaban J connectivity index is 3.15. The minimum absolute atomic E-state index is 0.185. The van der Waals surface area contributed by atoms with E-state index in [4.69, 9.17) is 23.2 Å². The average molecular weight is 235 g/mol. The number of rotatable bonds is 2. The Kier molecular flexibility index (Phi) is 3.79. The zero-order valence-corrected chi connectivity index (χ0v) is 9.96. The number of benzene rings is 1. The van der Waals surface area contributed by atoms with Gasteiger partial charge in [-0.15, -0.1) is 11.6 Å². The van der Waals surface area contributed by atoms with Crippen LogP contribution in [0.25, 0.3) is 0 Å². The van der Waals surface area contributed by atoms with E-state index in [2.05, 4.69) is 0 Å². The summed E-state index contributed by atoms with van der Waals surface area (Å²) in [4.78, 5) is 0. The van der Waals surface area contributed by atoms with E-state index in [1.54, 1.807) is 13.0 Å². The third-order valence-corrected chi connectivity index (χ3v) is 3.31. The lowest BCUT2D eigenvalue weighted by atomic mass is 10.0. The van der Waals surface area contributed by atoms with Crippen molar-refractivity contribution in [3.8, 4) is 0 Å². The number of alkyl halides is 1. The lowest BCUT2D eigenvalue weighted by molar-refractivity contribution is 0.561. The molecule has 3 heteroatoms. The van der Waals surface area contributed by atoms with Gasteiger partial charge in [0.05, 0.1) is 5.38 Å². The van der Waals surface area contributed by atoms with E-state index in [0.717, 1.165) is 5.56 Å². The molecule has 14 heavy (non-hydrogen) atoms. The van der Waals surface area contributed by atoms with Gasteiger partial charge in [-0.3, -0.25) is 0 Å². The Labute approximate surface area is 94.0 Å². The topological polar surface area (TPSA) is 0 Å². The van der Waals surface area contributed by atoms with Gasteiger partial charge in [0.15, 0.2) is 0 Å². The van der Waals surface area contributed by atoms with Crippen LogP contribution >= 0.6 is 23.2 Å². The molecule has 1 aromatic carbocycles. The van der Waals surface area contributed by atoms with Crippen molar-refractivity contribution >= 4 is 23.2 Å². The van der Waals surface area contributed by atoms with E-state index in [0.29, 0.717) is 10.6 Å². The fourth-order valence-electron chi connectivity index (χ4n) is 1.23. The molecule has 0 heterocycles. The van der Waals surface area contributed by atoms with Crippen LogP contribution in [0.15, 0.2) is 12.1 Å². The van der Waals surface area contributed by atoms with Crippen molar-refractivity contribution in [1.29, 1.82) is 0 Å². The predicted octanol–water partition coefficient (Wildman–Crippen LogP) is 4.72. The molecule has 0 radical (unpaired) electrons. The lowest BCUT2D eigenvalue weighted by Crippen LogP contribution is -2.02.